The van der Waals surface area contributed by atoms with Crippen molar-refractivity contribution in [2.45, 2.75) is 52.7 Å². The van der Waals surface area contributed by atoms with E-state index in [1.807, 2.05) is 27.7 Å². The second-order valence-electron chi connectivity index (χ2n) is 5.02. The van der Waals surface area contributed by atoms with E-state index in [1.165, 1.54) is 0 Å². The maximum atomic E-state index is 11.6. The van der Waals surface area contributed by atoms with Gasteiger partial charge in [0.2, 0.25) is 17.8 Å². The molecule has 0 fully saturated rings. The van der Waals surface area contributed by atoms with Gasteiger partial charge in [0.05, 0.1) is 6.10 Å². The zero-order valence-corrected chi connectivity index (χ0v) is 13.0. The Balaban J connectivity index is 2.48. The number of aromatic nitrogens is 3. The van der Waals surface area contributed by atoms with E-state index in [0.29, 0.717) is 18.9 Å². The SMILES string of the molecule is CCC(C)NC(=O)CCNc1nc(N)nc(OC(C)C)n1. The molecule has 0 saturated carbocycles. The van der Waals surface area contributed by atoms with E-state index in [9.17, 15) is 4.79 Å². The molecule has 0 aliphatic heterocycles. The third kappa shape index (κ3) is 6.73. The number of hydrogen-bond acceptors (Lipinski definition) is 7. The van der Waals surface area contributed by atoms with Crippen molar-refractivity contribution in [3.8, 4) is 6.01 Å². The van der Waals surface area contributed by atoms with Crippen molar-refractivity contribution in [2.24, 2.45) is 0 Å². The average Bonchev–Trinajstić information content (AvgIpc) is 2.36. The van der Waals surface area contributed by atoms with Crippen LogP contribution in [0.1, 0.15) is 40.5 Å². The number of hydrogen-bond donors (Lipinski definition) is 3. The van der Waals surface area contributed by atoms with Crippen LogP contribution in [0, 0.1) is 0 Å². The van der Waals surface area contributed by atoms with Gasteiger partial charge >= 0.3 is 6.01 Å². The molecular weight excluding hydrogens is 272 g/mol. The molecular formula is C13H24N6O2. The summed E-state index contributed by atoms with van der Waals surface area (Å²) in [4.78, 5) is 23.5. The topological polar surface area (TPSA) is 115 Å². The minimum atomic E-state index is -0.0547. The van der Waals surface area contributed by atoms with Crippen LogP contribution in [-0.2, 0) is 4.79 Å². The molecule has 4 N–H and O–H groups in total. The summed E-state index contributed by atoms with van der Waals surface area (Å²) >= 11 is 0. The summed E-state index contributed by atoms with van der Waals surface area (Å²) < 4.78 is 5.37. The molecule has 0 aliphatic carbocycles. The molecule has 1 aromatic rings. The highest BCUT2D eigenvalue weighted by Crippen LogP contribution is 2.10. The first kappa shape index (κ1) is 16.9. The van der Waals surface area contributed by atoms with Gasteiger partial charge in [0.15, 0.2) is 0 Å². The fourth-order valence-electron chi connectivity index (χ4n) is 1.45. The zero-order chi connectivity index (χ0) is 15.8. The van der Waals surface area contributed by atoms with Crippen LogP contribution < -0.4 is 21.1 Å². The van der Waals surface area contributed by atoms with Gasteiger partial charge in [-0.1, -0.05) is 6.92 Å². The van der Waals surface area contributed by atoms with Gasteiger partial charge in [-0.25, -0.2) is 0 Å². The van der Waals surface area contributed by atoms with Gasteiger partial charge < -0.3 is 21.1 Å². The summed E-state index contributed by atoms with van der Waals surface area (Å²) in [6.45, 7) is 8.13. The van der Waals surface area contributed by atoms with Crippen LogP contribution in [0.15, 0.2) is 0 Å². The fraction of sp³-hybridized carbons (Fsp3) is 0.692. The first-order chi connectivity index (χ1) is 9.90. The number of nitrogen functional groups attached to an aromatic ring is 1. The summed E-state index contributed by atoms with van der Waals surface area (Å²) in [7, 11) is 0. The van der Waals surface area contributed by atoms with Crippen molar-refractivity contribution in [3.63, 3.8) is 0 Å². The number of amides is 1. The van der Waals surface area contributed by atoms with Crippen LogP contribution in [-0.4, -0.2) is 39.5 Å². The van der Waals surface area contributed by atoms with Gasteiger partial charge in [-0.2, -0.15) is 15.0 Å². The molecule has 1 rings (SSSR count). The van der Waals surface area contributed by atoms with E-state index in [0.717, 1.165) is 6.42 Å². The number of anilines is 2. The molecule has 0 saturated heterocycles. The van der Waals surface area contributed by atoms with Crippen LogP contribution in [0.4, 0.5) is 11.9 Å². The molecule has 0 aliphatic rings. The molecule has 8 heteroatoms. The lowest BCUT2D eigenvalue weighted by Gasteiger charge is -2.12. The van der Waals surface area contributed by atoms with Crippen molar-refractivity contribution in [2.75, 3.05) is 17.6 Å². The van der Waals surface area contributed by atoms with Gasteiger partial charge in [-0.05, 0) is 27.2 Å². The molecule has 1 heterocycles. The molecule has 21 heavy (non-hydrogen) atoms. The van der Waals surface area contributed by atoms with Crippen LogP contribution in [0.3, 0.4) is 0 Å². The van der Waals surface area contributed by atoms with Crippen molar-refractivity contribution in [1.29, 1.82) is 0 Å². The van der Waals surface area contributed by atoms with Gasteiger partial charge in [0, 0.05) is 19.0 Å². The Morgan fingerprint density at radius 3 is 2.62 bits per heavy atom. The van der Waals surface area contributed by atoms with Crippen molar-refractivity contribution < 1.29 is 9.53 Å². The number of rotatable bonds is 8. The lowest BCUT2D eigenvalue weighted by Crippen LogP contribution is -2.33. The number of carbonyl (C=O) groups is 1. The van der Waals surface area contributed by atoms with E-state index in [1.54, 1.807) is 0 Å². The van der Waals surface area contributed by atoms with E-state index >= 15 is 0 Å². The quantitative estimate of drug-likeness (QED) is 0.654. The lowest BCUT2D eigenvalue weighted by molar-refractivity contribution is -0.121. The highest BCUT2D eigenvalue weighted by Gasteiger charge is 2.08. The molecule has 118 valence electrons. The molecule has 1 atom stereocenters. The summed E-state index contributed by atoms with van der Waals surface area (Å²) in [5.74, 6) is 0.360. The first-order valence-electron chi connectivity index (χ1n) is 7.12. The predicted molar refractivity (Wildman–Crippen MR) is 81.0 cm³/mol. The molecule has 0 spiro atoms. The monoisotopic (exact) mass is 296 g/mol. The number of nitrogens with one attached hydrogen (secondary N) is 2. The van der Waals surface area contributed by atoms with Crippen molar-refractivity contribution >= 4 is 17.8 Å². The third-order valence-corrected chi connectivity index (χ3v) is 2.63. The fourth-order valence-corrected chi connectivity index (χ4v) is 1.45. The van der Waals surface area contributed by atoms with E-state index < -0.39 is 0 Å². The predicted octanol–water partition coefficient (Wildman–Crippen LogP) is 0.958. The standard InChI is InChI=1S/C13H24N6O2/c1-5-9(4)16-10(20)6-7-15-12-17-11(14)18-13(19-12)21-8(2)3/h8-9H,5-7H2,1-4H3,(H,16,20)(H3,14,15,17,18,19). The zero-order valence-electron chi connectivity index (χ0n) is 13.0. The number of nitrogens with two attached hydrogens (primary N) is 1. The van der Waals surface area contributed by atoms with Crippen molar-refractivity contribution in [1.82, 2.24) is 20.3 Å². The maximum Gasteiger partial charge on any atom is 0.323 e. The Kier molecular flexibility index (Phi) is 6.64. The molecule has 1 amide bonds. The van der Waals surface area contributed by atoms with Crippen LogP contribution >= 0.6 is 0 Å². The molecule has 1 unspecified atom stereocenters. The van der Waals surface area contributed by atoms with Gasteiger partial charge in [-0.15, -0.1) is 0 Å². The Morgan fingerprint density at radius 2 is 2.00 bits per heavy atom. The Hall–Kier alpha value is -2.12. The van der Waals surface area contributed by atoms with E-state index in [-0.39, 0.29) is 30.0 Å². The van der Waals surface area contributed by atoms with E-state index in [2.05, 4.69) is 25.6 Å². The molecule has 0 bridgehead atoms. The number of ether oxygens (including phenoxy) is 1. The van der Waals surface area contributed by atoms with Gasteiger partial charge in [0.1, 0.15) is 0 Å². The summed E-state index contributed by atoms with van der Waals surface area (Å²) in [6, 6.07) is 0.348. The Morgan fingerprint density at radius 1 is 1.29 bits per heavy atom. The largest absolute Gasteiger partial charge is 0.461 e. The normalized spacial score (nSPS) is 12.0. The van der Waals surface area contributed by atoms with Crippen LogP contribution in [0.25, 0.3) is 0 Å². The smallest absolute Gasteiger partial charge is 0.323 e. The number of carbonyl (C=O) groups excluding carboxylic acids is 1. The average molecular weight is 296 g/mol. The van der Waals surface area contributed by atoms with Crippen molar-refractivity contribution in [3.05, 3.63) is 0 Å². The minimum absolute atomic E-state index is 0.0162. The highest BCUT2D eigenvalue weighted by molar-refractivity contribution is 5.76. The minimum Gasteiger partial charge on any atom is -0.461 e. The second kappa shape index (κ2) is 8.23. The third-order valence-electron chi connectivity index (χ3n) is 2.63. The van der Waals surface area contributed by atoms with E-state index in [4.69, 9.17) is 10.5 Å². The second-order valence-corrected chi connectivity index (χ2v) is 5.02. The Labute approximate surface area is 124 Å². The summed E-state index contributed by atoms with van der Waals surface area (Å²) in [6.07, 6.45) is 1.18. The number of nitrogens with zero attached hydrogens (tertiary/aromatic N) is 3. The lowest BCUT2D eigenvalue weighted by atomic mass is 10.2. The molecule has 1 aromatic heterocycles. The van der Waals surface area contributed by atoms with Gasteiger partial charge in [-0.3, -0.25) is 4.79 Å². The summed E-state index contributed by atoms with van der Waals surface area (Å²) in [5, 5.41) is 5.82. The van der Waals surface area contributed by atoms with Gasteiger partial charge in [0.25, 0.3) is 0 Å². The Bertz CT molecular complexity index is 466. The summed E-state index contributed by atoms with van der Waals surface area (Å²) in [5.41, 5.74) is 5.59. The molecule has 0 aromatic carbocycles. The first-order valence-corrected chi connectivity index (χ1v) is 7.12. The van der Waals surface area contributed by atoms with Crippen LogP contribution in [0.2, 0.25) is 0 Å². The molecule has 8 nitrogen and oxygen atoms in total. The highest BCUT2D eigenvalue weighted by atomic mass is 16.5. The molecule has 0 radical (unpaired) electrons. The van der Waals surface area contributed by atoms with Crippen LogP contribution in [0.5, 0.6) is 6.01 Å². The maximum absolute atomic E-state index is 11.6.